The first-order valence-electron chi connectivity index (χ1n) is 7.12. The van der Waals surface area contributed by atoms with E-state index in [2.05, 4.69) is 10.3 Å². The number of hydrogen-bond acceptors (Lipinski definition) is 3. The van der Waals surface area contributed by atoms with Gasteiger partial charge < -0.3 is 10.2 Å². The van der Waals surface area contributed by atoms with E-state index in [0.717, 1.165) is 36.5 Å². The molecule has 0 bridgehead atoms. The van der Waals surface area contributed by atoms with E-state index in [0.29, 0.717) is 12.0 Å². The molecule has 2 heterocycles. The van der Waals surface area contributed by atoms with Crippen LogP contribution in [0.3, 0.4) is 0 Å². The Labute approximate surface area is 114 Å². The predicted molar refractivity (Wildman–Crippen MR) is 74.3 cm³/mol. The largest absolute Gasteiger partial charge is 0.337 e. The number of nitrogens with zero attached hydrogens (tertiary/aromatic N) is 2. The van der Waals surface area contributed by atoms with Gasteiger partial charge in [-0.1, -0.05) is 0 Å². The maximum absolute atomic E-state index is 12.5. The Hall–Kier alpha value is -1.42. The minimum Gasteiger partial charge on any atom is -0.337 e. The summed E-state index contributed by atoms with van der Waals surface area (Å²) in [6.45, 7) is 3.64. The second-order valence-electron chi connectivity index (χ2n) is 5.72. The van der Waals surface area contributed by atoms with Gasteiger partial charge in [-0.2, -0.15) is 0 Å². The summed E-state index contributed by atoms with van der Waals surface area (Å²) in [4.78, 5) is 19.0. The van der Waals surface area contributed by atoms with Crippen LogP contribution >= 0.6 is 0 Å². The van der Waals surface area contributed by atoms with Crippen molar-refractivity contribution in [1.82, 2.24) is 15.2 Å². The first-order chi connectivity index (χ1) is 9.17. The van der Waals surface area contributed by atoms with Crippen molar-refractivity contribution in [3.63, 3.8) is 0 Å². The lowest BCUT2D eigenvalue weighted by atomic mass is 10.1. The molecule has 1 saturated heterocycles. The van der Waals surface area contributed by atoms with Crippen LogP contribution in [0.2, 0.25) is 0 Å². The number of likely N-dealkylation sites (tertiary alicyclic amines) is 1. The fourth-order valence-electron chi connectivity index (χ4n) is 2.77. The number of pyridine rings is 1. The molecule has 3 rings (SSSR count). The molecule has 1 N–H and O–H groups in total. The minimum absolute atomic E-state index is 0.158. The fraction of sp³-hybridized carbons (Fsp3) is 0.600. The maximum atomic E-state index is 12.5. The molecule has 1 aliphatic heterocycles. The predicted octanol–water partition coefficient (Wildman–Crippen LogP) is 1.70. The van der Waals surface area contributed by atoms with Crippen LogP contribution in [0.15, 0.2) is 12.1 Å². The van der Waals surface area contributed by atoms with Crippen LogP contribution in [0.4, 0.5) is 0 Å². The molecule has 2 fully saturated rings. The van der Waals surface area contributed by atoms with Gasteiger partial charge in [0, 0.05) is 42.0 Å². The Morgan fingerprint density at radius 1 is 1.37 bits per heavy atom. The Balaban J connectivity index is 1.79. The zero-order chi connectivity index (χ0) is 13.4. The first kappa shape index (κ1) is 12.6. The summed E-state index contributed by atoms with van der Waals surface area (Å²) >= 11 is 0. The average Bonchev–Trinajstić information content (AvgIpc) is 3.15. The van der Waals surface area contributed by atoms with E-state index in [1.54, 1.807) is 0 Å². The quantitative estimate of drug-likeness (QED) is 0.898. The van der Waals surface area contributed by atoms with Gasteiger partial charge in [0.25, 0.3) is 5.91 Å². The van der Waals surface area contributed by atoms with Gasteiger partial charge in [-0.25, -0.2) is 0 Å². The molecule has 2 aliphatic rings. The zero-order valence-corrected chi connectivity index (χ0v) is 11.6. The van der Waals surface area contributed by atoms with E-state index in [1.807, 2.05) is 31.0 Å². The van der Waals surface area contributed by atoms with Crippen LogP contribution in [0.25, 0.3) is 0 Å². The van der Waals surface area contributed by atoms with Crippen molar-refractivity contribution in [3.8, 4) is 0 Å². The van der Waals surface area contributed by atoms with Crippen molar-refractivity contribution in [2.75, 3.05) is 20.1 Å². The van der Waals surface area contributed by atoms with Gasteiger partial charge in [-0.3, -0.25) is 9.78 Å². The molecule has 4 nitrogen and oxygen atoms in total. The van der Waals surface area contributed by atoms with Crippen LogP contribution in [0.5, 0.6) is 0 Å². The number of aromatic nitrogens is 1. The van der Waals surface area contributed by atoms with Crippen LogP contribution in [-0.2, 0) is 0 Å². The molecule has 1 aliphatic carbocycles. The number of rotatable bonds is 3. The van der Waals surface area contributed by atoms with E-state index in [9.17, 15) is 4.79 Å². The fourth-order valence-corrected chi connectivity index (χ4v) is 2.77. The van der Waals surface area contributed by atoms with Gasteiger partial charge in [0.15, 0.2) is 0 Å². The monoisotopic (exact) mass is 259 g/mol. The molecule has 4 heteroatoms. The SMILES string of the molecule is CNC1CCN(C(=O)c2cc(C)nc(C3CC3)c2)C1. The highest BCUT2D eigenvalue weighted by Gasteiger charge is 2.29. The number of carbonyl (C=O) groups excluding carboxylic acids is 1. The van der Waals surface area contributed by atoms with Gasteiger partial charge in [0.2, 0.25) is 0 Å². The molecule has 1 unspecified atom stereocenters. The van der Waals surface area contributed by atoms with E-state index >= 15 is 0 Å². The first-order valence-corrected chi connectivity index (χ1v) is 7.12. The summed E-state index contributed by atoms with van der Waals surface area (Å²) in [5.74, 6) is 0.750. The van der Waals surface area contributed by atoms with Crippen LogP contribution < -0.4 is 5.32 Å². The summed E-state index contributed by atoms with van der Waals surface area (Å²) in [6.07, 6.45) is 3.48. The van der Waals surface area contributed by atoms with Crippen molar-refractivity contribution in [2.45, 2.75) is 38.1 Å². The number of amides is 1. The lowest BCUT2D eigenvalue weighted by Crippen LogP contribution is -2.33. The van der Waals surface area contributed by atoms with Gasteiger partial charge in [-0.15, -0.1) is 0 Å². The topological polar surface area (TPSA) is 45.2 Å². The molecular weight excluding hydrogens is 238 g/mol. The van der Waals surface area contributed by atoms with Crippen molar-refractivity contribution in [1.29, 1.82) is 0 Å². The highest BCUT2D eigenvalue weighted by atomic mass is 16.2. The molecule has 0 radical (unpaired) electrons. The molecule has 102 valence electrons. The molecular formula is C15H21N3O. The van der Waals surface area contributed by atoms with E-state index in [4.69, 9.17) is 0 Å². The smallest absolute Gasteiger partial charge is 0.254 e. The summed E-state index contributed by atoms with van der Waals surface area (Å²) in [6, 6.07) is 4.36. The van der Waals surface area contributed by atoms with Crippen LogP contribution in [-0.4, -0.2) is 42.0 Å². The second-order valence-corrected chi connectivity index (χ2v) is 5.72. The summed E-state index contributed by atoms with van der Waals surface area (Å²) in [5.41, 5.74) is 2.87. The van der Waals surface area contributed by atoms with Crippen molar-refractivity contribution in [2.24, 2.45) is 0 Å². The molecule has 1 aromatic heterocycles. The standard InChI is InChI=1S/C15H21N3O/c1-10-7-12(8-14(17-10)11-3-4-11)15(19)18-6-5-13(9-18)16-2/h7-8,11,13,16H,3-6,9H2,1-2H3. The third kappa shape index (κ3) is 2.63. The van der Waals surface area contributed by atoms with Gasteiger partial charge in [0.05, 0.1) is 0 Å². The third-order valence-corrected chi connectivity index (χ3v) is 4.10. The normalized spacial score (nSPS) is 22.8. The van der Waals surface area contributed by atoms with Crippen LogP contribution in [0, 0.1) is 6.92 Å². The van der Waals surface area contributed by atoms with Crippen molar-refractivity contribution >= 4 is 5.91 Å². The van der Waals surface area contributed by atoms with Gasteiger partial charge in [-0.05, 0) is 45.4 Å². The Morgan fingerprint density at radius 3 is 2.79 bits per heavy atom. The highest BCUT2D eigenvalue weighted by molar-refractivity contribution is 5.94. The third-order valence-electron chi connectivity index (χ3n) is 4.10. The molecule has 1 amide bonds. The minimum atomic E-state index is 0.158. The van der Waals surface area contributed by atoms with Gasteiger partial charge in [0.1, 0.15) is 0 Å². The van der Waals surface area contributed by atoms with E-state index in [-0.39, 0.29) is 5.91 Å². The molecule has 1 aromatic rings. The molecule has 1 saturated carbocycles. The highest BCUT2D eigenvalue weighted by Crippen LogP contribution is 2.39. The number of nitrogens with one attached hydrogen (secondary N) is 1. The lowest BCUT2D eigenvalue weighted by Gasteiger charge is -2.17. The average molecular weight is 259 g/mol. The Morgan fingerprint density at radius 2 is 2.16 bits per heavy atom. The number of likely N-dealkylation sites (N-methyl/N-ethyl adjacent to an activating group) is 1. The van der Waals surface area contributed by atoms with E-state index < -0.39 is 0 Å². The lowest BCUT2D eigenvalue weighted by molar-refractivity contribution is 0.0789. The molecule has 0 spiro atoms. The number of carbonyl (C=O) groups is 1. The van der Waals surface area contributed by atoms with Crippen molar-refractivity contribution in [3.05, 3.63) is 29.1 Å². The number of aryl methyl sites for hydroxylation is 1. The molecule has 19 heavy (non-hydrogen) atoms. The second kappa shape index (κ2) is 4.93. The Kier molecular flexibility index (Phi) is 3.27. The molecule has 0 aromatic carbocycles. The van der Waals surface area contributed by atoms with E-state index in [1.165, 1.54) is 12.8 Å². The van der Waals surface area contributed by atoms with Gasteiger partial charge >= 0.3 is 0 Å². The summed E-state index contributed by atoms with van der Waals surface area (Å²) in [7, 11) is 1.96. The Bertz CT molecular complexity index is 496. The summed E-state index contributed by atoms with van der Waals surface area (Å²) in [5, 5.41) is 3.24. The maximum Gasteiger partial charge on any atom is 0.254 e. The van der Waals surface area contributed by atoms with Crippen LogP contribution in [0.1, 0.15) is 46.9 Å². The zero-order valence-electron chi connectivity index (χ0n) is 11.6. The molecule has 1 atom stereocenters. The summed E-state index contributed by atoms with van der Waals surface area (Å²) < 4.78 is 0. The van der Waals surface area contributed by atoms with Crippen molar-refractivity contribution < 1.29 is 4.79 Å². The number of hydrogen-bond donors (Lipinski definition) is 1.